The van der Waals surface area contributed by atoms with Gasteiger partial charge in [-0.25, -0.2) is 10.2 Å². The first-order chi connectivity index (χ1) is 5.60. The molecule has 0 aromatic carbocycles. The molecule has 0 bridgehead atoms. The average molecular weight is 180 g/mol. The van der Waals surface area contributed by atoms with E-state index >= 15 is 0 Å². The van der Waals surface area contributed by atoms with Crippen molar-refractivity contribution in [3.05, 3.63) is 0 Å². The molecule has 7 heteroatoms. The Hall–Kier alpha value is -0.890. The maximum Gasteiger partial charge on any atom is 0.419 e. The standard InChI is InChI=1S/C5H12N2O5/c8-1-5(2-9,3-10)7-6-4(11)12/h6-10H,1-3H2,(H,11,12). The number of hydrogen-bond acceptors (Lipinski definition) is 5. The SMILES string of the molecule is O=C(O)NNC(CO)(CO)CO. The van der Waals surface area contributed by atoms with Gasteiger partial charge in [0.15, 0.2) is 0 Å². The number of hydrogen-bond donors (Lipinski definition) is 6. The third-order valence-corrected chi connectivity index (χ3v) is 1.34. The first-order valence-electron chi connectivity index (χ1n) is 3.19. The van der Waals surface area contributed by atoms with E-state index in [1.165, 1.54) is 0 Å². The van der Waals surface area contributed by atoms with E-state index < -0.39 is 31.5 Å². The Morgan fingerprint density at radius 2 is 1.58 bits per heavy atom. The molecule has 0 aromatic rings. The second-order valence-corrected chi connectivity index (χ2v) is 2.31. The molecule has 0 aliphatic carbocycles. The molecule has 0 aliphatic rings. The maximum atomic E-state index is 9.98. The molecule has 0 saturated carbocycles. The summed E-state index contributed by atoms with van der Waals surface area (Å²) in [6.45, 7) is -1.75. The van der Waals surface area contributed by atoms with Gasteiger partial charge in [-0.3, -0.25) is 5.43 Å². The van der Waals surface area contributed by atoms with E-state index in [4.69, 9.17) is 20.4 Å². The van der Waals surface area contributed by atoms with Gasteiger partial charge in [0.05, 0.1) is 19.8 Å². The van der Waals surface area contributed by atoms with Crippen LogP contribution in [0.15, 0.2) is 0 Å². The molecular formula is C5H12N2O5. The highest BCUT2D eigenvalue weighted by molar-refractivity contribution is 5.63. The first-order valence-corrected chi connectivity index (χ1v) is 3.19. The van der Waals surface area contributed by atoms with Crippen LogP contribution in [0.4, 0.5) is 4.79 Å². The van der Waals surface area contributed by atoms with E-state index in [1.54, 1.807) is 5.43 Å². The molecular weight excluding hydrogens is 168 g/mol. The Morgan fingerprint density at radius 1 is 1.17 bits per heavy atom. The molecule has 1 amide bonds. The lowest BCUT2D eigenvalue weighted by Gasteiger charge is -2.27. The first kappa shape index (κ1) is 11.1. The van der Waals surface area contributed by atoms with Crippen LogP contribution in [-0.4, -0.2) is 51.9 Å². The van der Waals surface area contributed by atoms with Crippen LogP contribution in [0, 0.1) is 0 Å². The Bertz CT molecular complexity index is 139. The van der Waals surface area contributed by atoms with Crippen molar-refractivity contribution in [2.45, 2.75) is 5.54 Å². The number of rotatable bonds is 5. The predicted molar refractivity (Wildman–Crippen MR) is 38.3 cm³/mol. The van der Waals surface area contributed by atoms with E-state index in [0.717, 1.165) is 0 Å². The van der Waals surface area contributed by atoms with Gasteiger partial charge < -0.3 is 20.4 Å². The fourth-order valence-corrected chi connectivity index (χ4v) is 0.455. The lowest BCUT2D eigenvalue weighted by atomic mass is 10.1. The molecule has 72 valence electrons. The summed E-state index contributed by atoms with van der Waals surface area (Å²) in [7, 11) is 0. The molecule has 12 heavy (non-hydrogen) atoms. The fraction of sp³-hybridized carbons (Fsp3) is 0.800. The number of carbonyl (C=O) groups is 1. The van der Waals surface area contributed by atoms with Gasteiger partial charge in [-0.2, -0.15) is 0 Å². The summed E-state index contributed by atoms with van der Waals surface area (Å²) in [6, 6.07) is 0. The summed E-state index contributed by atoms with van der Waals surface area (Å²) in [5.74, 6) is 0. The lowest BCUT2D eigenvalue weighted by Crippen LogP contribution is -2.60. The van der Waals surface area contributed by atoms with Crippen molar-refractivity contribution in [2.75, 3.05) is 19.8 Å². The van der Waals surface area contributed by atoms with Crippen LogP contribution in [0.3, 0.4) is 0 Å². The minimum Gasteiger partial charge on any atom is -0.464 e. The molecule has 0 spiro atoms. The van der Waals surface area contributed by atoms with Crippen molar-refractivity contribution >= 4 is 6.09 Å². The van der Waals surface area contributed by atoms with Crippen LogP contribution in [0.25, 0.3) is 0 Å². The van der Waals surface area contributed by atoms with Gasteiger partial charge in [0.2, 0.25) is 0 Å². The summed E-state index contributed by atoms with van der Waals surface area (Å²) in [4.78, 5) is 9.98. The summed E-state index contributed by atoms with van der Waals surface area (Å²) in [5.41, 5.74) is 2.39. The number of amides is 1. The molecule has 0 aromatic heterocycles. The molecule has 0 rings (SSSR count). The van der Waals surface area contributed by atoms with Gasteiger partial charge in [0.1, 0.15) is 5.54 Å². The van der Waals surface area contributed by atoms with Crippen molar-refractivity contribution in [1.82, 2.24) is 10.9 Å². The minimum atomic E-state index is -1.42. The fourth-order valence-electron chi connectivity index (χ4n) is 0.455. The monoisotopic (exact) mass is 180 g/mol. The molecule has 0 aliphatic heterocycles. The number of aliphatic hydroxyl groups excluding tert-OH is 3. The van der Waals surface area contributed by atoms with Crippen LogP contribution >= 0.6 is 0 Å². The Balaban J connectivity index is 4.01. The van der Waals surface area contributed by atoms with Crippen molar-refractivity contribution in [1.29, 1.82) is 0 Å². The largest absolute Gasteiger partial charge is 0.464 e. The second kappa shape index (κ2) is 4.88. The van der Waals surface area contributed by atoms with E-state index in [9.17, 15) is 4.79 Å². The minimum absolute atomic E-state index is 0.583. The molecule has 7 nitrogen and oxygen atoms in total. The van der Waals surface area contributed by atoms with Crippen molar-refractivity contribution in [3.8, 4) is 0 Å². The van der Waals surface area contributed by atoms with Crippen LogP contribution in [-0.2, 0) is 0 Å². The van der Waals surface area contributed by atoms with Gasteiger partial charge in [-0.05, 0) is 0 Å². The zero-order valence-corrected chi connectivity index (χ0v) is 6.32. The van der Waals surface area contributed by atoms with Crippen molar-refractivity contribution in [3.63, 3.8) is 0 Å². The van der Waals surface area contributed by atoms with Gasteiger partial charge in [-0.1, -0.05) is 0 Å². The van der Waals surface area contributed by atoms with Gasteiger partial charge in [0, 0.05) is 0 Å². The number of carboxylic acid groups (broad SMARTS) is 1. The predicted octanol–water partition coefficient (Wildman–Crippen LogP) is -2.53. The van der Waals surface area contributed by atoms with Crippen LogP contribution in [0.1, 0.15) is 0 Å². The lowest BCUT2D eigenvalue weighted by molar-refractivity contribution is 0.0331. The van der Waals surface area contributed by atoms with E-state index in [1.807, 2.05) is 0 Å². The Labute approximate surface area is 68.6 Å². The smallest absolute Gasteiger partial charge is 0.419 e. The molecule has 0 saturated heterocycles. The van der Waals surface area contributed by atoms with Crippen LogP contribution in [0.5, 0.6) is 0 Å². The van der Waals surface area contributed by atoms with E-state index in [-0.39, 0.29) is 0 Å². The highest BCUT2D eigenvalue weighted by atomic mass is 16.4. The summed E-state index contributed by atoms with van der Waals surface area (Å²) in [6.07, 6.45) is -1.37. The zero-order valence-electron chi connectivity index (χ0n) is 6.32. The third-order valence-electron chi connectivity index (χ3n) is 1.34. The van der Waals surface area contributed by atoms with Gasteiger partial charge >= 0.3 is 6.09 Å². The summed E-state index contributed by atoms with van der Waals surface area (Å²) < 4.78 is 0. The quantitative estimate of drug-likeness (QED) is 0.259. The Morgan fingerprint density at radius 3 is 1.83 bits per heavy atom. The Kier molecular flexibility index (Phi) is 4.52. The van der Waals surface area contributed by atoms with Gasteiger partial charge in [0.25, 0.3) is 0 Å². The molecule has 0 heterocycles. The summed E-state index contributed by atoms with van der Waals surface area (Å²) in [5, 5.41) is 34.2. The van der Waals surface area contributed by atoms with E-state index in [2.05, 4.69) is 5.43 Å². The number of nitrogens with one attached hydrogen (secondary N) is 2. The highest BCUT2D eigenvalue weighted by Gasteiger charge is 2.27. The van der Waals surface area contributed by atoms with Crippen molar-refractivity contribution < 1.29 is 25.2 Å². The molecule has 6 N–H and O–H groups in total. The second-order valence-electron chi connectivity index (χ2n) is 2.31. The zero-order chi connectivity index (χ0) is 9.61. The molecule has 0 radical (unpaired) electrons. The van der Waals surface area contributed by atoms with Gasteiger partial charge in [-0.15, -0.1) is 0 Å². The topological polar surface area (TPSA) is 122 Å². The summed E-state index contributed by atoms with van der Waals surface area (Å²) >= 11 is 0. The third kappa shape index (κ3) is 3.01. The molecule has 0 atom stereocenters. The number of hydrazine groups is 1. The van der Waals surface area contributed by atoms with Crippen LogP contribution < -0.4 is 10.9 Å². The van der Waals surface area contributed by atoms with E-state index in [0.29, 0.717) is 0 Å². The maximum absolute atomic E-state index is 9.98. The average Bonchev–Trinajstić information content (AvgIpc) is 2.08. The van der Waals surface area contributed by atoms with Crippen LogP contribution in [0.2, 0.25) is 0 Å². The number of aliphatic hydroxyl groups is 3. The highest BCUT2D eigenvalue weighted by Crippen LogP contribution is 1.98. The van der Waals surface area contributed by atoms with Crippen molar-refractivity contribution in [2.24, 2.45) is 0 Å². The molecule has 0 unspecified atom stereocenters. The normalized spacial score (nSPS) is 11.2. The molecule has 0 fully saturated rings.